The van der Waals surface area contributed by atoms with Crippen molar-refractivity contribution < 1.29 is 9.53 Å². The first-order chi connectivity index (χ1) is 9.19. The summed E-state index contributed by atoms with van der Waals surface area (Å²) in [7, 11) is 0. The Morgan fingerprint density at radius 3 is 2.89 bits per heavy atom. The Balaban J connectivity index is 1.86. The number of nitrogens with two attached hydrogens (primary N) is 1. The summed E-state index contributed by atoms with van der Waals surface area (Å²) >= 11 is 1.25. The van der Waals surface area contributed by atoms with Crippen LogP contribution in [0.4, 0.5) is 5.13 Å². The number of aromatic nitrogens is 2. The molecule has 0 atom stereocenters. The van der Waals surface area contributed by atoms with Gasteiger partial charge in [0.05, 0.1) is 0 Å². The van der Waals surface area contributed by atoms with E-state index in [2.05, 4.69) is 15.5 Å². The van der Waals surface area contributed by atoms with Crippen molar-refractivity contribution in [3.8, 4) is 5.75 Å². The molecule has 2 rings (SSSR count). The van der Waals surface area contributed by atoms with Crippen LogP contribution in [-0.4, -0.2) is 22.7 Å². The van der Waals surface area contributed by atoms with E-state index in [0.29, 0.717) is 22.4 Å². The van der Waals surface area contributed by atoms with E-state index in [-0.39, 0.29) is 12.5 Å². The minimum Gasteiger partial charge on any atom is -0.483 e. The van der Waals surface area contributed by atoms with Gasteiger partial charge in [0, 0.05) is 6.54 Å². The van der Waals surface area contributed by atoms with Crippen molar-refractivity contribution in [1.82, 2.24) is 10.2 Å². The monoisotopic (exact) mass is 278 g/mol. The quantitative estimate of drug-likeness (QED) is 0.861. The number of hydrogen-bond donors (Lipinski definition) is 2. The standard InChI is InChI=1S/C12H14N4O2S/c1-8-4-2-3-5-9(8)18-7-10(17)14-12-16-15-11(6-13)19-12/h2-5H,6-7,13H2,1H3,(H,14,16,17). The fourth-order valence-corrected chi connectivity index (χ4v) is 2.04. The van der Waals surface area contributed by atoms with Crippen molar-refractivity contribution in [2.75, 3.05) is 11.9 Å². The van der Waals surface area contributed by atoms with Crippen LogP contribution in [0.2, 0.25) is 0 Å². The Morgan fingerprint density at radius 1 is 1.42 bits per heavy atom. The number of carbonyl (C=O) groups is 1. The van der Waals surface area contributed by atoms with E-state index in [1.807, 2.05) is 31.2 Å². The zero-order valence-corrected chi connectivity index (χ0v) is 11.2. The third kappa shape index (κ3) is 3.73. The van der Waals surface area contributed by atoms with E-state index in [1.54, 1.807) is 0 Å². The van der Waals surface area contributed by atoms with Gasteiger partial charge in [-0.15, -0.1) is 10.2 Å². The number of hydrogen-bond acceptors (Lipinski definition) is 6. The molecular weight excluding hydrogens is 264 g/mol. The number of nitrogens with zero attached hydrogens (tertiary/aromatic N) is 2. The molecule has 0 radical (unpaired) electrons. The van der Waals surface area contributed by atoms with Crippen molar-refractivity contribution in [1.29, 1.82) is 0 Å². The van der Waals surface area contributed by atoms with Gasteiger partial charge in [-0.25, -0.2) is 0 Å². The summed E-state index contributed by atoms with van der Waals surface area (Å²) in [5.41, 5.74) is 6.40. The maximum absolute atomic E-state index is 11.7. The Morgan fingerprint density at radius 2 is 2.21 bits per heavy atom. The molecule has 0 spiro atoms. The zero-order valence-electron chi connectivity index (χ0n) is 10.4. The van der Waals surface area contributed by atoms with Crippen LogP contribution < -0.4 is 15.8 Å². The van der Waals surface area contributed by atoms with Crippen molar-refractivity contribution in [3.05, 3.63) is 34.8 Å². The second-order valence-corrected chi connectivity index (χ2v) is 4.87. The van der Waals surface area contributed by atoms with Gasteiger partial charge in [-0.05, 0) is 18.6 Å². The molecule has 2 aromatic rings. The third-order valence-corrected chi connectivity index (χ3v) is 3.20. The molecule has 1 aromatic heterocycles. The molecule has 0 fully saturated rings. The molecular formula is C12H14N4O2S. The average molecular weight is 278 g/mol. The van der Waals surface area contributed by atoms with Crippen LogP contribution in [0.5, 0.6) is 5.75 Å². The lowest BCUT2D eigenvalue weighted by Crippen LogP contribution is -2.20. The van der Waals surface area contributed by atoms with Gasteiger partial charge in [-0.2, -0.15) is 0 Å². The lowest BCUT2D eigenvalue weighted by Gasteiger charge is -2.07. The van der Waals surface area contributed by atoms with Gasteiger partial charge in [0.1, 0.15) is 10.8 Å². The predicted molar refractivity (Wildman–Crippen MR) is 73.1 cm³/mol. The van der Waals surface area contributed by atoms with Crippen molar-refractivity contribution in [2.45, 2.75) is 13.5 Å². The fourth-order valence-electron chi connectivity index (χ4n) is 1.40. The van der Waals surface area contributed by atoms with Gasteiger partial charge < -0.3 is 10.5 Å². The molecule has 0 aliphatic carbocycles. The summed E-state index contributed by atoms with van der Waals surface area (Å²) in [4.78, 5) is 11.7. The molecule has 1 heterocycles. The maximum Gasteiger partial charge on any atom is 0.264 e. The van der Waals surface area contributed by atoms with Crippen LogP contribution in [0.3, 0.4) is 0 Å². The number of anilines is 1. The first-order valence-electron chi connectivity index (χ1n) is 5.70. The van der Waals surface area contributed by atoms with Crippen molar-refractivity contribution in [3.63, 3.8) is 0 Å². The van der Waals surface area contributed by atoms with Crippen molar-refractivity contribution in [2.24, 2.45) is 5.73 Å². The summed E-state index contributed by atoms with van der Waals surface area (Å²) in [5.74, 6) is 0.417. The van der Waals surface area contributed by atoms with Crippen LogP contribution in [-0.2, 0) is 11.3 Å². The van der Waals surface area contributed by atoms with Crippen LogP contribution in [0.1, 0.15) is 10.6 Å². The maximum atomic E-state index is 11.7. The Kier molecular flexibility index (Phi) is 4.43. The number of nitrogens with one attached hydrogen (secondary N) is 1. The number of para-hydroxylation sites is 1. The highest BCUT2D eigenvalue weighted by Crippen LogP contribution is 2.17. The molecule has 0 saturated heterocycles. The number of ether oxygens (including phenoxy) is 1. The second kappa shape index (κ2) is 6.26. The average Bonchev–Trinajstić information content (AvgIpc) is 2.85. The molecule has 1 aromatic carbocycles. The number of carbonyl (C=O) groups excluding carboxylic acids is 1. The molecule has 0 bridgehead atoms. The van der Waals surface area contributed by atoms with Gasteiger partial charge >= 0.3 is 0 Å². The number of aryl methyl sites for hydroxylation is 1. The summed E-state index contributed by atoms with van der Waals surface area (Å²) in [6.07, 6.45) is 0. The molecule has 0 aliphatic heterocycles. The SMILES string of the molecule is Cc1ccccc1OCC(=O)Nc1nnc(CN)s1. The summed E-state index contributed by atoms with van der Waals surface area (Å²) in [6, 6.07) is 7.52. The predicted octanol–water partition coefficient (Wildman–Crippen LogP) is 1.32. The van der Waals surface area contributed by atoms with Crippen LogP contribution >= 0.6 is 11.3 Å². The van der Waals surface area contributed by atoms with Crippen molar-refractivity contribution >= 4 is 22.4 Å². The topological polar surface area (TPSA) is 90.1 Å². The summed E-state index contributed by atoms with van der Waals surface area (Å²) < 4.78 is 5.42. The highest BCUT2D eigenvalue weighted by Gasteiger charge is 2.08. The molecule has 7 heteroatoms. The first kappa shape index (κ1) is 13.4. The molecule has 3 N–H and O–H groups in total. The van der Waals surface area contributed by atoms with Crippen LogP contribution in [0.25, 0.3) is 0 Å². The minimum atomic E-state index is -0.275. The molecule has 0 unspecified atom stereocenters. The van der Waals surface area contributed by atoms with E-state index in [1.165, 1.54) is 11.3 Å². The van der Waals surface area contributed by atoms with Gasteiger partial charge in [0.15, 0.2) is 6.61 Å². The highest BCUT2D eigenvalue weighted by molar-refractivity contribution is 7.15. The lowest BCUT2D eigenvalue weighted by molar-refractivity contribution is -0.118. The highest BCUT2D eigenvalue weighted by atomic mass is 32.1. The Labute approximate surface area is 114 Å². The van der Waals surface area contributed by atoms with Gasteiger partial charge in [0.25, 0.3) is 5.91 Å². The van der Waals surface area contributed by atoms with E-state index in [9.17, 15) is 4.79 Å². The first-order valence-corrected chi connectivity index (χ1v) is 6.51. The smallest absolute Gasteiger partial charge is 0.264 e. The minimum absolute atomic E-state index is 0.0671. The zero-order chi connectivity index (χ0) is 13.7. The Hall–Kier alpha value is -1.99. The molecule has 0 aliphatic rings. The van der Waals surface area contributed by atoms with Crippen LogP contribution in [0, 0.1) is 6.92 Å². The summed E-state index contributed by atoms with van der Waals surface area (Å²) in [6.45, 7) is 2.17. The Bertz CT molecular complexity index is 570. The number of benzene rings is 1. The third-order valence-electron chi connectivity index (χ3n) is 2.34. The van der Waals surface area contributed by atoms with Gasteiger partial charge in [-0.3, -0.25) is 10.1 Å². The van der Waals surface area contributed by atoms with Crippen LogP contribution in [0.15, 0.2) is 24.3 Å². The van der Waals surface area contributed by atoms with E-state index in [0.717, 1.165) is 5.56 Å². The number of rotatable bonds is 5. The molecule has 19 heavy (non-hydrogen) atoms. The molecule has 0 saturated carbocycles. The molecule has 100 valence electrons. The summed E-state index contributed by atoms with van der Waals surface area (Å²) in [5, 5.41) is 11.3. The normalized spacial score (nSPS) is 10.2. The lowest BCUT2D eigenvalue weighted by atomic mass is 10.2. The van der Waals surface area contributed by atoms with E-state index >= 15 is 0 Å². The van der Waals surface area contributed by atoms with Gasteiger partial charge in [0.2, 0.25) is 5.13 Å². The van der Waals surface area contributed by atoms with E-state index < -0.39 is 0 Å². The number of amides is 1. The van der Waals surface area contributed by atoms with E-state index in [4.69, 9.17) is 10.5 Å². The molecule has 1 amide bonds. The largest absolute Gasteiger partial charge is 0.483 e. The second-order valence-electron chi connectivity index (χ2n) is 3.81. The fraction of sp³-hybridized carbons (Fsp3) is 0.250. The molecule has 6 nitrogen and oxygen atoms in total. The van der Waals surface area contributed by atoms with Gasteiger partial charge in [-0.1, -0.05) is 29.5 Å².